The Bertz CT molecular complexity index is 2300. The summed E-state index contributed by atoms with van der Waals surface area (Å²) in [7, 11) is -2.39. The number of alkyl carbamates (subject to hydrolysis) is 1. The maximum Gasteiger partial charge on any atom is 0.408 e. The molecule has 16 nitrogen and oxygen atoms in total. The second-order valence-electron chi connectivity index (χ2n) is 18.3. The molecule has 336 valence electrons. The smallest absolute Gasteiger partial charge is 0.408 e. The molecule has 3 aromatic rings. The Labute approximate surface area is 367 Å². The van der Waals surface area contributed by atoms with Crippen molar-refractivity contribution in [3.05, 3.63) is 41.8 Å². The van der Waals surface area contributed by atoms with Crippen LogP contribution in [0.5, 0.6) is 11.5 Å². The molecule has 5 atom stereocenters. The van der Waals surface area contributed by atoms with Crippen LogP contribution in [0, 0.1) is 11.3 Å². The molecule has 1 saturated heterocycles. The molecule has 7 rings (SSSR count). The molecule has 0 radical (unpaired) electrons. The van der Waals surface area contributed by atoms with E-state index < -0.39 is 68.9 Å². The van der Waals surface area contributed by atoms with Crippen molar-refractivity contribution in [3.8, 4) is 22.9 Å². The van der Waals surface area contributed by atoms with Crippen LogP contribution in [0.3, 0.4) is 0 Å². The van der Waals surface area contributed by atoms with E-state index in [-0.39, 0.29) is 37.3 Å². The normalized spacial score (nSPS) is 25.1. The van der Waals surface area contributed by atoms with Crippen molar-refractivity contribution in [1.29, 1.82) is 0 Å². The van der Waals surface area contributed by atoms with Crippen LogP contribution in [0.25, 0.3) is 22.3 Å². The first-order valence-electron chi connectivity index (χ1n) is 21.6. The van der Waals surface area contributed by atoms with Crippen LogP contribution >= 0.6 is 11.3 Å². The van der Waals surface area contributed by atoms with E-state index in [1.165, 1.54) is 16.2 Å². The maximum absolute atomic E-state index is 14.9. The molecule has 3 fully saturated rings. The number of allylic oxidation sites excluding steroid dienone is 1. The Hall–Kier alpha value is -4.97. The van der Waals surface area contributed by atoms with Crippen molar-refractivity contribution in [3.63, 3.8) is 0 Å². The molecule has 2 aromatic heterocycles. The van der Waals surface area contributed by atoms with Gasteiger partial charge in [-0.1, -0.05) is 39.3 Å². The molecule has 4 aliphatic rings. The summed E-state index contributed by atoms with van der Waals surface area (Å²) < 4.78 is 46.1. The predicted molar refractivity (Wildman–Crippen MR) is 236 cm³/mol. The molecule has 1 aromatic carbocycles. The van der Waals surface area contributed by atoms with Gasteiger partial charge in [0.05, 0.1) is 30.6 Å². The number of amides is 4. The first kappa shape index (κ1) is 45.1. The minimum Gasteiger partial charge on any atom is -0.497 e. The van der Waals surface area contributed by atoms with Crippen LogP contribution in [-0.4, -0.2) is 102 Å². The SMILES string of the molecule is COc1ccc2c(O[C@@H]3C[C@@H](C(=O)N[C@]45CC4/C=C\CCCCCS(=O)(=O)NC5=O)N(C(=O)[C@@H](NC(=O)OC4CCCC4)C(C)(C)C)C3)cc(-c3csc(NC(C)C)n3)nc2c1. The number of nitrogens with zero attached hydrogens (tertiary/aromatic N) is 3. The van der Waals surface area contributed by atoms with Gasteiger partial charge in [-0.15, -0.1) is 11.3 Å². The Morgan fingerprint density at radius 1 is 1.02 bits per heavy atom. The standard InChI is InChI=1S/C44H59N7O9S2/c1-26(2)45-41-47-34(25-61-41)33-22-36(31-18-17-29(58-6)20-32(31)46-33)59-30-21-35(51(24-30)39(53)37(43(3,4)5)48-42(55)60-28-15-11-12-16-28)38(52)49-44-23-27(44)14-10-8-7-9-13-19-62(56,57)50-40(44)54/h10,14,17-18,20,22,25-28,30,35,37H,7-9,11-13,15-16,19,21,23-24H2,1-6H3,(H,45,47)(H,48,55)(H,49,52)(H,50,54)/b14-10-/t27?,30-,35+,37-,44-/m1/s1. The number of hydrogen-bond acceptors (Lipinski definition) is 13. The minimum absolute atomic E-state index is 0.0198. The van der Waals surface area contributed by atoms with Gasteiger partial charge in [0.25, 0.3) is 5.91 Å². The van der Waals surface area contributed by atoms with E-state index >= 15 is 0 Å². The fourth-order valence-electron chi connectivity index (χ4n) is 8.47. The fraction of sp³-hybridized carbons (Fsp3) is 0.591. The molecule has 1 unspecified atom stereocenters. The Kier molecular flexibility index (Phi) is 13.4. The molecular formula is C44H59N7O9S2. The Balaban J connectivity index is 1.22. The van der Waals surface area contributed by atoms with Crippen molar-refractivity contribution in [2.24, 2.45) is 11.3 Å². The zero-order valence-corrected chi connectivity index (χ0v) is 38.0. The fourth-order valence-corrected chi connectivity index (χ4v) is 10.5. The van der Waals surface area contributed by atoms with Gasteiger partial charge in [-0.05, 0) is 82.8 Å². The van der Waals surface area contributed by atoms with Gasteiger partial charge in [-0.25, -0.2) is 23.2 Å². The van der Waals surface area contributed by atoms with Crippen molar-refractivity contribution < 1.29 is 41.8 Å². The molecule has 4 heterocycles. The summed E-state index contributed by atoms with van der Waals surface area (Å²) in [5, 5.41) is 12.4. The van der Waals surface area contributed by atoms with Crippen LogP contribution in [0.1, 0.15) is 98.8 Å². The van der Waals surface area contributed by atoms with Gasteiger partial charge in [0, 0.05) is 41.3 Å². The molecule has 18 heteroatoms. The molecule has 2 saturated carbocycles. The molecule has 2 aliphatic heterocycles. The van der Waals surface area contributed by atoms with Gasteiger partial charge in [0.2, 0.25) is 21.8 Å². The quantitative estimate of drug-likeness (QED) is 0.162. The van der Waals surface area contributed by atoms with Crippen LogP contribution in [-0.2, 0) is 29.1 Å². The van der Waals surface area contributed by atoms with E-state index in [1.807, 2.05) is 58.2 Å². The number of carbonyl (C=O) groups excluding carboxylic acids is 4. The van der Waals surface area contributed by atoms with Gasteiger partial charge in [-0.3, -0.25) is 19.1 Å². The van der Waals surface area contributed by atoms with Gasteiger partial charge >= 0.3 is 6.09 Å². The summed E-state index contributed by atoms with van der Waals surface area (Å²) >= 11 is 1.45. The Morgan fingerprint density at radius 3 is 2.52 bits per heavy atom. The lowest BCUT2D eigenvalue weighted by molar-refractivity contribution is -0.143. The number of fused-ring (bicyclic) bond motifs is 2. The minimum atomic E-state index is -3.96. The zero-order valence-electron chi connectivity index (χ0n) is 36.3. The van der Waals surface area contributed by atoms with E-state index in [0.717, 1.165) is 37.2 Å². The number of ether oxygens (including phenoxy) is 3. The van der Waals surface area contributed by atoms with E-state index in [4.69, 9.17) is 24.2 Å². The van der Waals surface area contributed by atoms with Crippen LogP contribution in [0.4, 0.5) is 9.93 Å². The summed E-state index contributed by atoms with van der Waals surface area (Å²) in [4.78, 5) is 67.8. The summed E-state index contributed by atoms with van der Waals surface area (Å²) in [6, 6.07) is 5.12. The van der Waals surface area contributed by atoms with E-state index in [9.17, 15) is 27.6 Å². The number of thiazole rings is 1. The predicted octanol–water partition coefficient (Wildman–Crippen LogP) is 6.07. The zero-order chi connectivity index (χ0) is 44.4. The summed E-state index contributed by atoms with van der Waals surface area (Å²) in [6.07, 6.45) is 8.37. The lowest BCUT2D eigenvalue weighted by Crippen LogP contribution is -2.60. The molecule has 4 amide bonds. The third-order valence-corrected chi connectivity index (χ3v) is 14.0. The van der Waals surface area contributed by atoms with E-state index in [2.05, 4.69) is 20.7 Å². The molecule has 4 N–H and O–H groups in total. The Morgan fingerprint density at radius 2 is 1.79 bits per heavy atom. The van der Waals surface area contributed by atoms with Gasteiger partial charge in [0.1, 0.15) is 47.0 Å². The van der Waals surface area contributed by atoms with Gasteiger partial charge < -0.3 is 35.1 Å². The monoisotopic (exact) mass is 893 g/mol. The largest absolute Gasteiger partial charge is 0.497 e. The number of pyridine rings is 1. The molecule has 0 spiro atoms. The van der Waals surface area contributed by atoms with Gasteiger partial charge in [0.15, 0.2) is 5.13 Å². The number of rotatable bonds is 11. The van der Waals surface area contributed by atoms with Crippen molar-refractivity contribution >= 4 is 61.2 Å². The first-order chi connectivity index (χ1) is 29.4. The average Bonchev–Trinajstić information content (AvgIpc) is 3.64. The first-order valence-corrected chi connectivity index (χ1v) is 24.2. The summed E-state index contributed by atoms with van der Waals surface area (Å²) in [5.74, 6) is -1.60. The van der Waals surface area contributed by atoms with Crippen molar-refractivity contribution in [2.75, 3.05) is 24.7 Å². The number of hydrogen-bond donors (Lipinski definition) is 4. The summed E-state index contributed by atoms with van der Waals surface area (Å²) in [5.41, 5.74) is -0.600. The van der Waals surface area contributed by atoms with Crippen LogP contribution in [0.15, 0.2) is 41.8 Å². The number of methoxy groups -OCH3 is 1. The number of likely N-dealkylation sites (tertiary alicyclic amines) is 1. The van der Waals surface area contributed by atoms with E-state index in [0.29, 0.717) is 53.1 Å². The second-order valence-corrected chi connectivity index (χ2v) is 21.0. The lowest BCUT2D eigenvalue weighted by Gasteiger charge is -2.35. The molecular weight excluding hydrogens is 835 g/mol. The highest BCUT2D eigenvalue weighted by Gasteiger charge is 2.61. The topological polar surface area (TPSA) is 207 Å². The molecule has 0 bridgehead atoms. The van der Waals surface area contributed by atoms with E-state index in [1.54, 1.807) is 25.3 Å². The number of nitrogens with one attached hydrogen (secondary N) is 4. The second kappa shape index (κ2) is 18.4. The van der Waals surface area contributed by atoms with Crippen molar-refractivity contribution in [2.45, 2.75) is 135 Å². The number of carbonyl (C=O) groups is 4. The number of anilines is 1. The molecule has 62 heavy (non-hydrogen) atoms. The number of benzene rings is 1. The summed E-state index contributed by atoms with van der Waals surface area (Å²) in [6.45, 7) is 9.47. The highest BCUT2D eigenvalue weighted by atomic mass is 32.2. The number of aromatic nitrogens is 2. The lowest BCUT2D eigenvalue weighted by atomic mass is 9.85. The van der Waals surface area contributed by atoms with Crippen LogP contribution in [0.2, 0.25) is 0 Å². The highest BCUT2D eigenvalue weighted by molar-refractivity contribution is 7.90. The number of sulfonamides is 1. The van der Waals surface area contributed by atoms with Crippen LogP contribution < -0.4 is 30.1 Å². The highest BCUT2D eigenvalue weighted by Crippen LogP contribution is 2.46. The maximum atomic E-state index is 14.9. The van der Waals surface area contributed by atoms with Gasteiger partial charge in [-0.2, -0.15) is 0 Å². The average molecular weight is 894 g/mol. The van der Waals surface area contributed by atoms with Crippen molar-refractivity contribution in [1.82, 2.24) is 30.2 Å². The third kappa shape index (κ3) is 10.4. The molecule has 2 aliphatic carbocycles. The third-order valence-electron chi connectivity index (χ3n) is 11.9.